The predicted molar refractivity (Wildman–Crippen MR) is 47.1 cm³/mol. The van der Waals surface area contributed by atoms with Crippen molar-refractivity contribution in [2.24, 2.45) is 5.22 Å². The summed E-state index contributed by atoms with van der Waals surface area (Å²) in [6.45, 7) is 0. The van der Waals surface area contributed by atoms with E-state index in [1.165, 1.54) is 7.05 Å². The second-order valence-electron chi connectivity index (χ2n) is 2.19. The Hall–Kier alpha value is -1.29. The van der Waals surface area contributed by atoms with Crippen molar-refractivity contribution in [1.29, 1.82) is 0 Å². The van der Waals surface area contributed by atoms with Crippen LogP contribution in [0.1, 0.15) is 0 Å². The van der Waals surface area contributed by atoms with Crippen LogP contribution >= 0.6 is 11.6 Å². The maximum atomic E-state index is 10.4. The number of rotatable bonds is 2. The molecule has 0 heterocycles. The first-order chi connectivity index (χ1) is 5.68. The number of nitrogens with one attached hydrogen (secondary N) is 1. The molecule has 0 radical (unpaired) electrons. The van der Waals surface area contributed by atoms with Crippen LogP contribution < -0.4 is 5.43 Å². The zero-order valence-corrected chi connectivity index (χ0v) is 7.25. The Morgan fingerprint density at radius 1 is 1.58 bits per heavy atom. The molecule has 5 heteroatoms. The molecule has 64 valence electrons. The largest absolute Gasteiger partial charge is 0.696 e. The van der Waals surface area contributed by atoms with Crippen molar-refractivity contribution in [3.05, 3.63) is 34.5 Å². The maximum absolute atomic E-state index is 10.4. The van der Waals surface area contributed by atoms with Crippen molar-refractivity contribution in [3.63, 3.8) is 0 Å². The maximum Gasteiger partial charge on any atom is 0.148 e. The first-order valence-corrected chi connectivity index (χ1v) is 3.69. The van der Waals surface area contributed by atoms with Crippen molar-refractivity contribution < 1.29 is 4.86 Å². The Balaban J connectivity index is 2.70. The van der Waals surface area contributed by atoms with E-state index in [0.717, 1.165) is 0 Å². The van der Waals surface area contributed by atoms with Gasteiger partial charge in [0, 0.05) is 11.1 Å². The average Bonchev–Trinajstić information content (AvgIpc) is 2.01. The highest BCUT2D eigenvalue weighted by atomic mass is 35.5. The molecular weight excluding hydrogens is 178 g/mol. The summed E-state index contributed by atoms with van der Waals surface area (Å²) in [5.41, 5.74) is 3.22. The molecule has 0 unspecified atom stereocenters. The van der Waals surface area contributed by atoms with Crippen LogP contribution in [-0.2, 0) is 0 Å². The van der Waals surface area contributed by atoms with Crippen molar-refractivity contribution in [2.45, 2.75) is 0 Å². The molecule has 0 amide bonds. The third kappa shape index (κ3) is 2.75. The predicted octanol–water partition coefficient (Wildman–Crippen LogP) is 2.26. The van der Waals surface area contributed by atoms with Crippen LogP contribution in [-0.4, -0.2) is 11.9 Å². The molecule has 0 atom stereocenters. The van der Waals surface area contributed by atoms with Gasteiger partial charge in [0.05, 0.1) is 5.22 Å². The van der Waals surface area contributed by atoms with Crippen molar-refractivity contribution in [3.8, 4) is 0 Å². The number of benzene rings is 1. The summed E-state index contributed by atoms with van der Waals surface area (Å²) in [7, 11) is 1.29. The lowest BCUT2D eigenvalue weighted by Gasteiger charge is -1.97. The Kier molecular flexibility index (Phi) is 2.88. The number of hydrogen-bond donors (Lipinski definition) is 1. The topological polar surface area (TPSA) is 50.5 Å². The number of nitrogens with zero attached hydrogens (tertiary/aromatic N) is 2. The highest BCUT2D eigenvalue weighted by Gasteiger charge is 1.95. The normalized spacial score (nSPS) is 11.3. The van der Waals surface area contributed by atoms with Gasteiger partial charge in [0.15, 0.2) is 0 Å². The SMILES string of the molecule is C[N+]([O-])=NNc1cccc(Cl)c1. The number of hydrogen-bond acceptors (Lipinski definition) is 2. The fourth-order valence-corrected chi connectivity index (χ4v) is 0.876. The van der Waals surface area contributed by atoms with Gasteiger partial charge in [-0.2, -0.15) is 4.86 Å². The van der Waals surface area contributed by atoms with E-state index in [9.17, 15) is 5.21 Å². The first kappa shape index (κ1) is 8.80. The Bertz CT molecular complexity index is 296. The van der Waals surface area contributed by atoms with Crippen LogP contribution in [0, 0.1) is 5.21 Å². The lowest BCUT2D eigenvalue weighted by molar-refractivity contribution is -0.497. The highest BCUT2D eigenvalue weighted by molar-refractivity contribution is 6.30. The fraction of sp³-hybridized carbons (Fsp3) is 0.143. The van der Waals surface area contributed by atoms with E-state index >= 15 is 0 Å². The van der Waals surface area contributed by atoms with Gasteiger partial charge in [-0.25, -0.2) is 0 Å². The van der Waals surface area contributed by atoms with Crippen LogP contribution in [0.3, 0.4) is 0 Å². The summed E-state index contributed by atoms with van der Waals surface area (Å²) >= 11 is 5.69. The fourth-order valence-electron chi connectivity index (χ4n) is 0.686. The lowest BCUT2D eigenvalue weighted by Crippen LogP contribution is -1.96. The van der Waals surface area contributed by atoms with Crippen molar-refractivity contribution >= 4 is 17.3 Å². The minimum atomic E-state index is 0.431. The van der Waals surface area contributed by atoms with Crippen LogP contribution in [0.15, 0.2) is 29.5 Å². The minimum absolute atomic E-state index is 0.431. The average molecular weight is 186 g/mol. The molecular formula is C7H8ClN3O. The zero-order chi connectivity index (χ0) is 8.97. The van der Waals surface area contributed by atoms with Gasteiger partial charge in [0.2, 0.25) is 0 Å². The zero-order valence-electron chi connectivity index (χ0n) is 6.49. The van der Waals surface area contributed by atoms with Gasteiger partial charge >= 0.3 is 0 Å². The second-order valence-corrected chi connectivity index (χ2v) is 2.62. The van der Waals surface area contributed by atoms with Crippen LogP contribution in [0.4, 0.5) is 5.69 Å². The van der Waals surface area contributed by atoms with Crippen molar-refractivity contribution in [2.75, 3.05) is 12.5 Å². The molecule has 1 rings (SSSR count). The monoisotopic (exact) mass is 185 g/mol. The van der Waals surface area contributed by atoms with Gasteiger partial charge in [-0.3, -0.25) is 0 Å². The standard InChI is InChI=1S/C7H8ClN3O/c1-11(12)10-9-7-4-2-3-6(8)5-7/h2-5,9H,1H3. The number of anilines is 1. The van der Waals surface area contributed by atoms with Gasteiger partial charge in [0.25, 0.3) is 0 Å². The molecule has 4 nitrogen and oxygen atoms in total. The van der Waals surface area contributed by atoms with Gasteiger partial charge in [0.1, 0.15) is 12.7 Å². The van der Waals surface area contributed by atoms with E-state index in [2.05, 4.69) is 10.6 Å². The summed E-state index contributed by atoms with van der Waals surface area (Å²) in [6, 6.07) is 6.95. The summed E-state index contributed by atoms with van der Waals surface area (Å²) < 4.78 is 0. The molecule has 12 heavy (non-hydrogen) atoms. The van der Waals surface area contributed by atoms with Gasteiger partial charge in [-0.05, 0) is 12.1 Å². The number of halogens is 1. The van der Waals surface area contributed by atoms with E-state index in [4.69, 9.17) is 11.6 Å². The van der Waals surface area contributed by atoms with E-state index in [1.54, 1.807) is 24.3 Å². The van der Waals surface area contributed by atoms with E-state index < -0.39 is 0 Å². The molecule has 0 aliphatic heterocycles. The van der Waals surface area contributed by atoms with Crippen LogP contribution in [0.5, 0.6) is 0 Å². The highest BCUT2D eigenvalue weighted by Crippen LogP contribution is 2.14. The van der Waals surface area contributed by atoms with Crippen LogP contribution in [0.2, 0.25) is 5.02 Å². The summed E-state index contributed by atoms with van der Waals surface area (Å²) in [5, 5.41) is 14.4. The molecule has 1 aromatic carbocycles. The molecule has 0 aliphatic rings. The summed E-state index contributed by atoms with van der Waals surface area (Å²) in [4.78, 5) is 0.431. The molecule has 0 aromatic heterocycles. The van der Waals surface area contributed by atoms with Crippen LogP contribution in [0.25, 0.3) is 0 Å². The minimum Gasteiger partial charge on any atom is -0.696 e. The Morgan fingerprint density at radius 2 is 2.33 bits per heavy atom. The smallest absolute Gasteiger partial charge is 0.148 e. The van der Waals surface area contributed by atoms with Crippen molar-refractivity contribution in [1.82, 2.24) is 0 Å². The Morgan fingerprint density at radius 3 is 2.92 bits per heavy atom. The van der Waals surface area contributed by atoms with E-state index in [-0.39, 0.29) is 0 Å². The van der Waals surface area contributed by atoms with Gasteiger partial charge < -0.3 is 5.21 Å². The summed E-state index contributed by atoms with van der Waals surface area (Å²) in [6.07, 6.45) is 0. The third-order valence-corrected chi connectivity index (χ3v) is 1.38. The van der Waals surface area contributed by atoms with Gasteiger partial charge in [-0.15, -0.1) is 5.43 Å². The molecule has 0 saturated heterocycles. The van der Waals surface area contributed by atoms with E-state index in [0.29, 0.717) is 15.6 Å². The molecule has 1 aromatic rings. The molecule has 1 N–H and O–H groups in total. The Labute approximate surface area is 75.0 Å². The molecule has 0 bridgehead atoms. The summed E-state index contributed by atoms with van der Waals surface area (Å²) in [5.74, 6) is 0. The second kappa shape index (κ2) is 3.92. The molecule has 0 aliphatic carbocycles. The molecule has 0 fully saturated rings. The third-order valence-electron chi connectivity index (χ3n) is 1.14. The molecule has 0 spiro atoms. The quantitative estimate of drug-likeness (QED) is 0.437. The molecule has 0 saturated carbocycles. The van der Waals surface area contributed by atoms with Gasteiger partial charge in [-0.1, -0.05) is 17.7 Å². The number of hydroxylamine groups is 1. The first-order valence-electron chi connectivity index (χ1n) is 3.31. The lowest BCUT2D eigenvalue weighted by atomic mass is 10.3. The van der Waals surface area contributed by atoms with E-state index in [1.807, 2.05) is 0 Å².